The number of nitrogens with zero attached hydrogens (tertiary/aromatic N) is 3. The van der Waals surface area contributed by atoms with Crippen LogP contribution in [0.25, 0.3) is 0 Å². The van der Waals surface area contributed by atoms with Crippen LogP contribution in [-0.2, 0) is 26.0 Å². The summed E-state index contributed by atoms with van der Waals surface area (Å²) in [5.74, 6) is -0.933. The molecule has 2 aromatic carbocycles. The summed E-state index contributed by atoms with van der Waals surface area (Å²) in [5, 5.41) is 14.1. The van der Waals surface area contributed by atoms with Crippen molar-refractivity contribution in [1.29, 1.82) is 0 Å². The fourth-order valence-corrected chi connectivity index (χ4v) is 4.51. The minimum absolute atomic E-state index is 0.0415. The van der Waals surface area contributed by atoms with Crippen LogP contribution in [0.1, 0.15) is 38.3 Å². The molecule has 0 radical (unpaired) electrons. The van der Waals surface area contributed by atoms with Gasteiger partial charge in [-0.15, -0.1) is 0 Å². The number of non-ortho nitro benzene ring substituents is 1. The summed E-state index contributed by atoms with van der Waals surface area (Å²) in [5.41, 5.74) is 1.16. The number of benzene rings is 2. The van der Waals surface area contributed by atoms with Crippen molar-refractivity contribution in [2.45, 2.75) is 52.6 Å². The molecule has 0 bridgehead atoms. The SMILES string of the molecule is CC[C@H](C)NC(=O)[C@H](C)N(CCc1ccccc1)C(=O)CN(c1cc([N+](=O)[O-])ccc1C)S(C)(=O)=O. The summed E-state index contributed by atoms with van der Waals surface area (Å²) >= 11 is 0. The molecular weight excluding hydrogens is 484 g/mol. The van der Waals surface area contributed by atoms with E-state index in [1.54, 1.807) is 13.8 Å². The Morgan fingerprint density at radius 1 is 1.11 bits per heavy atom. The molecule has 0 unspecified atom stereocenters. The zero-order valence-corrected chi connectivity index (χ0v) is 22.1. The summed E-state index contributed by atoms with van der Waals surface area (Å²) in [6.07, 6.45) is 2.11. The third-order valence-corrected chi connectivity index (χ3v) is 7.13. The summed E-state index contributed by atoms with van der Waals surface area (Å²) < 4.78 is 26.2. The van der Waals surface area contributed by atoms with Crippen LogP contribution in [-0.4, -0.2) is 61.5 Å². The first-order valence-electron chi connectivity index (χ1n) is 11.7. The number of carbonyl (C=O) groups is 2. The predicted molar refractivity (Wildman–Crippen MR) is 139 cm³/mol. The molecule has 0 aliphatic carbocycles. The Hall–Kier alpha value is -3.47. The first-order chi connectivity index (χ1) is 16.8. The monoisotopic (exact) mass is 518 g/mol. The van der Waals surface area contributed by atoms with Crippen molar-refractivity contribution in [2.24, 2.45) is 0 Å². The molecule has 0 aliphatic rings. The quantitative estimate of drug-likeness (QED) is 0.340. The van der Waals surface area contributed by atoms with Gasteiger partial charge in [0.1, 0.15) is 12.6 Å². The molecule has 0 fully saturated rings. The number of rotatable bonds is 12. The van der Waals surface area contributed by atoms with Crippen molar-refractivity contribution in [1.82, 2.24) is 10.2 Å². The van der Waals surface area contributed by atoms with Gasteiger partial charge in [0, 0.05) is 24.7 Å². The number of nitro benzene ring substituents is 1. The van der Waals surface area contributed by atoms with Crippen molar-refractivity contribution in [3.05, 3.63) is 69.8 Å². The molecule has 2 atom stereocenters. The van der Waals surface area contributed by atoms with Gasteiger partial charge in [-0.3, -0.25) is 24.0 Å². The first-order valence-corrected chi connectivity index (χ1v) is 13.6. The molecule has 11 heteroatoms. The number of hydrogen-bond donors (Lipinski definition) is 1. The third-order valence-electron chi connectivity index (χ3n) is 6.00. The van der Waals surface area contributed by atoms with E-state index in [4.69, 9.17) is 0 Å². The average Bonchev–Trinajstić information content (AvgIpc) is 2.82. The molecule has 2 amide bonds. The average molecular weight is 519 g/mol. The fourth-order valence-electron chi connectivity index (χ4n) is 3.61. The molecule has 36 heavy (non-hydrogen) atoms. The maximum atomic E-state index is 13.5. The maximum absolute atomic E-state index is 13.5. The largest absolute Gasteiger partial charge is 0.352 e. The summed E-state index contributed by atoms with van der Waals surface area (Å²) in [6.45, 7) is 6.58. The zero-order chi connectivity index (χ0) is 27.0. The number of nitrogens with one attached hydrogen (secondary N) is 1. The van der Waals surface area contributed by atoms with Gasteiger partial charge in [0.05, 0.1) is 16.9 Å². The minimum Gasteiger partial charge on any atom is -0.352 e. The molecule has 1 N–H and O–H groups in total. The number of carbonyl (C=O) groups excluding carboxylic acids is 2. The number of sulfonamides is 1. The van der Waals surface area contributed by atoms with Gasteiger partial charge in [-0.25, -0.2) is 8.42 Å². The molecule has 2 rings (SSSR count). The standard InChI is InChI=1S/C25H34N4O6S/c1-6-19(3)26-25(31)20(4)27(15-14-21-10-8-7-9-11-21)24(30)17-28(36(5,34)35)23-16-22(29(32)33)13-12-18(23)2/h7-13,16,19-20H,6,14-15,17H2,1-5H3,(H,26,31)/t19-,20-/m0/s1. The van der Waals surface area contributed by atoms with E-state index in [1.807, 2.05) is 44.2 Å². The summed E-state index contributed by atoms with van der Waals surface area (Å²) in [7, 11) is -3.98. The highest BCUT2D eigenvalue weighted by atomic mass is 32.2. The van der Waals surface area contributed by atoms with E-state index in [0.29, 0.717) is 18.4 Å². The van der Waals surface area contributed by atoms with Crippen molar-refractivity contribution in [3.63, 3.8) is 0 Å². The normalized spacial score (nSPS) is 12.9. The first kappa shape index (κ1) is 28.8. The second kappa shape index (κ2) is 12.5. The molecule has 196 valence electrons. The number of nitro groups is 1. The molecule has 0 aliphatic heterocycles. The third kappa shape index (κ3) is 7.77. The van der Waals surface area contributed by atoms with Crippen molar-refractivity contribution in [2.75, 3.05) is 23.7 Å². The van der Waals surface area contributed by atoms with Crippen molar-refractivity contribution >= 4 is 33.2 Å². The van der Waals surface area contributed by atoms with Crippen LogP contribution in [0.4, 0.5) is 11.4 Å². The minimum atomic E-state index is -3.98. The van der Waals surface area contributed by atoms with Gasteiger partial charge in [0.15, 0.2) is 0 Å². The number of aryl methyl sites for hydroxylation is 1. The molecule has 0 aromatic heterocycles. The molecular formula is C25H34N4O6S. The fraction of sp³-hybridized carbons (Fsp3) is 0.440. The van der Waals surface area contributed by atoms with Crippen molar-refractivity contribution in [3.8, 4) is 0 Å². The molecule has 0 saturated heterocycles. The van der Waals surface area contributed by atoms with E-state index in [9.17, 15) is 28.1 Å². The van der Waals surface area contributed by atoms with Crippen LogP contribution < -0.4 is 9.62 Å². The number of amides is 2. The second-order valence-electron chi connectivity index (χ2n) is 8.81. The molecule has 2 aromatic rings. The van der Waals surface area contributed by atoms with E-state index in [-0.39, 0.29) is 29.9 Å². The van der Waals surface area contributed by atoms with E-state index in [0.717, 1.165) is 22.2 Å². The smallest absolute Gasteiger partial charge is 0.271 e. The Morgan fingerprint density at radius 3 is 2.31 bits per heavy atom. The molecule has 10 nitrogen and oxygen atoms in total. The van der Waals surface area contributed by atoms with Crippen LogP contribution >= 0.6 is 0 Å². The van der Waals surface area contributed by atoms with Gasteiger partial charge >= 0.3 is 0 Å². The highest BCUT2D eigenvalue weighted by Gasteiger charge is 2.31. The number of anilines is 1. The predicted octanol–water partition coefficient (Wildman–Crippen LogP) is 3.04. The Morgan fingerprint density at radius 2 is 1.75 bits per heavy atom. The van der Waals surface area contributed by atoms with Gasteiger partial charge in [-0.1, -0.05) is 43.3 Å². The van der Waals surface area contributed by atoms with Crippen LogP contribution in [0.5, 0.6) is 0 Å². The summed E-state index contributed by atoms with van der Waals surface area (Å²) in [6, 6.07) is 12.3. The van der Waals surface area contributed by atoms with Gasteiger partial charge in [0.25, 0.3) is 5.69 Å². The second-order valence-corrected chi connectivity index (χ2v) is 10.7. The highest BCUT2D eigenvalue weighted by molar-refractivity contribution is 7.92. The molecule has 0 heterocycles. The Kier molecular flexibility index (Phi) is 9.97. The lowest BCUT2D eigenvalue weighted by molar-refractivity contribution is -0.384. The van der Waals surface area contributed by atoms with Crippen molar-refractivity contribution < 1.29 is 22.9 Å². The topological polar surface area (TPSA) is 130 Å². The van der Waals surface area contributed by atoms with E-state index in [2.05, 4.69) is 5.32 Å². The van der Waals surface area contributed by atoms with Crippen LogP contribution in [0.2, 0.25) is 0 Å². The lowest BCUT2D eigenvalue weighted by Gasteiger charge is -2.32. The van der Waals surface area contributed by atoms with Crippen LogP contribution in [0.3, 0.4) is 0 Å². The Labute approximate surface area is 212 Å². The van der Waals surface area contributed by atoms with E-state index >= 15 is 0 Å². The van der Waals surface area contributed by atoms with E-state index < -0.39 is 33.4 Å². The molecule has 0 saturated carbocycles. The van der Waals surface area contributed by atoms with Gasteiger partial charge in [0.2, 0.25) is 21.8 Å². The summed E-state index contributed by atoms with van der Waals surface area (Å²) in [4.78, 5) is 38.4. The lowest BCUT2D eigenvalue weighted by Crippen LogP contribution is -2.53. The lowest BCUT2D eigenvalue weighted by atomic mass is 10.1. The van der Waals surface area contributed by atoms with Crippen LogP contribution in [0, 0.1) is 17.0 Å². The Bertz CT molecular complexity index is 1190. The zero-order valence-electron chi connectivity index (χ0n) is 21.3. The van der Waals surface area contributed by atoms with Gasteiger partial charge in [-0.2, -0.15) is 0 Å². The van der Waals surface area contributed by atoms with Gasteiger partial charge in [-0.05, 0) is 44.7 Å². The maximum Gasteiger partial charge on any atom is 0.271 e. The van der Waals surface area contributed by atoms with E-state index in [1.165, 1.54) is 17.0 Å². The highest BCUT2D eigenvalue weighted by Crippen LogP contribution is 2.27. The molecule has 0 spiro atoms. The number of hydrogen-bond acceptors (Lipinski definition) is 6. The Balaban J connectivity index is 2.40. The van der Waals surface area contributed by atoms with Gasteiger partial charge < -0.3 is 10.2 Å². The van der Waals surface area contributed by atoms with Crippen LogP contribution in [0.15, 0.2) is 48.5 Å².